The Bertz CT molecular complexity index is 1460. The molecule has 0 saturated carbocycles. The molecular weight excluding hydrogens is 536 g/mol. The third-order valence-electron chi connectivity index (χ3n) is 6.54. The van der Waals surface area contributed by atoms with Crippen LogP contribution >= 0.6 is 11.6 Å². The van der Waals surface area contributed by atoms with Gasteiger partial charge in [0.2, 0.25) is 11.9 Å². The van der Waals surface area contributed by atoms with E-state index < -0.39 is 5.91 Å². The summed E-state index contributed by atoms with van der Waals surface area (Å²) in [5.41, 5.74) is 2.11. The minimum Gasteiger partial charge on any atom is -0.493 e. The third kappa shape index (κ3) is 6.13. The average Bonchev–Trinajstić information content (AvgIpc) is 3.75. The molecule has 5 rings (SSSR count). The molecule has 40 heavy (non-hydrogen) atoms. The van der Waals surface area contributed by atoms with E-state index in [0.717, 1.165) is 18.4 Å². The van der Waals surface area contributed by atoms with Crippen LogP contribution in [-0.4, -0.2) is 66.3 Å². The number of hydrogen-bond acceptors (Lipinski definition) is 7. The van der Waals surface area contributed by atoms with Crippen molar-refractivity contribution in [2.75, 3.05) is 39.2 Å². The van der Waals surface area contributed by atoms with Crippen molar-refractivity contribution in [3.63, 3.8) is 0 Å². The van der Waals surface area contributed by atoms with E-state index in [2.05, 4.69) is 5.32 Å². The Balaban J connectivity index is 1.44. The maximum absolute atomic E-state index is 13.4. The maximum Gasteiger partial charge on any atom is 0.290 e. The highest BCUT2D eigenvalue weighted by molar-refractivity contribution is 6.30. The summed E-state index contributed by atoms with van der Waals surface area (Å²) in [6.45, 7) is 0.692. The van der Waals surface area contributed by atoms with E-state index in [1.165, 1.54) is 11.2 Å². The van der Waals surface area contributed by atoms with Gasteiger partial charge in [-0.2, -0.15) is 0 Å². The van der Waals surface area contributed by atoms with Crippen LogP contribution in [0.15, 0.2) is 71.5 Å². The van der Waals surface area contributed by atoms with E-state index in [4.69, 9.17) is 35.2 Å². The number of furan rings is 1. The predicted molar refractivity (Wildman–Crippen MR) is 149 cm³/mol. The van der Waals surface area contributed by atoms with Crippen LogP contribution in [0.2, 0.25) is 5.02 Å². The number of hydrogen-bond donors (Lipinski definition) is 1. The zero-order valence-corrected chi connectivity index (χ0v) is 22.9. The summed E-state index contributed by atoms with van der Waals surface area (Å²) < 4.78 is 23.6. The highest BCUT2D eigenvalue weighted by Gasteiger charge is 2.27. The first kappa shape index (κ1) is 27.3. The summed E-state index contributed by atoms with van der Waals surface area (Å²) in [4.78, 5) is 32.7. The highest BCUT2D eigenvalue weighted by atomic mass is 35.5. The van der Waals surface area contributed by atoms with Crippen LogP contribution in [0.3, 0.4) is 0 Å². The summed E-state index contributed by atoms with van der Waals surface area (Å²) in [6, 6.07) is 15.8. The van der Waals surface area contributed by atoms with Crippen LogP contribution < -0.4 is 14.8 Å². The van der Waals surface area contributed by atoms with E-state index in [1.807, 2.05) is 18.2 Å². The number of imidazole rings is 1. The molecule has 1 saturated heterocycles. The monoisotopic (exact) mass is 564 g/mol. The number of anilines is 1. The standard InChI is InChI=1S/C29H29ClN4O6/c1-37-24-12-11-21(15-26(24)38-2)34-17-23(19-7-9-20(30)10-8-19)31-29(34)32-27(35)18-33(16-22-5-3-13-39-22)28(36)25-6-4-14-40-25/h4,6-12,14-15,17,22H,3,5,13,16,18H2,1-2H3,(H,31,32,35)/t22-/m1/s1. The van der Waals surface area contributed by atoms with Gasteiger partial charge in [0.1, 0.15) is 6.54 Å². The van der Waals surface area contributed by atoms with E-state index in [1.54, 1.807) is 61.4 Å². The lowest BCUT2D eigenvalue weighted by molar-refractivity contribution is -0.117. The van der Waals surface area contributed by atoms with Gasteiger partial charge in [0.15, 0.2) is 17.3 Å². The number of carbonyl (C=O) groups is 2. The van der Waals surface area contributed by atoms with E-state index in [9.17, 15) is 9.59 Å². The smallest absolute Gasteiger partial charge is 0.290 e. The summed E-state index contributed by atoms with van der Waals surface area (Å²) >= 11 is 6.08. The minimum atomic E-state index is -0.423. The van der Waals surface area contributed by atoms with Crippen molar-refractivity contribution in [3.05, 3.63) is 77.8 Å². The maximum atomic E-state index is 13.4. The molecule has 3 heterocycles. The summed E-state index contributed by atoms with van der Waals surface area (Å²) in [5, 5.41) is 3.48. The number of methoxy groups -OCH3 is 2. The summed E-state index contributed by atoms with van der Waals surface area (Å²) in [5.74, 6) is 0.697. The Labute approximate surface area is 236 Å². The van der Waals surface area contributed by atoms with Crippen LogP contribution in [0, 0.1) is 0 Å². The van der Waals surface area contributed by atoms with Crippen molar-refractivity contribution in [1.29, 1.82) is 0 Å². The fourth-order valence-electron chi connectivity index (χ4n) is 4.55. The zero-order chi connectivity index (χ0) is 28.1. The Morgan fingerprint density at radius 1 is 1.12 bits per heavy atom. The van der Waals surface area contributed by atoms with Crippen LogP contribution in [-0.2, 0) is 9.53 Å². The Hall–Kier alpha value is -4.28. The van der Waals surface area contributed by atoms with E-state index >= 15 is 0 Å². The molecule has 0 unspecified atom stereocenters. The summed E-state index contributed by atoms with van der Waals surface area (Å²) in [7, 11) is 3.11. The van der Waals surface area contributed by atoms with Gasteiger partial charge < -0.3 is 23.5 Å². The van der Waals surface area contributed by atoms with Crippen molar-refractivity contribution < 1.29 is 28.2 Å². The molecule has 0 aliphatic carbocycles. The number of nitrogens with zero attached hydrogens (tertiary/aromatic N) is 3. The van der Waals surface area contributed by atoms with Gasteiger partial charge in [-0.3, -0.25) is 19.5 Å². The molecule has 2 aromatic carbocycles. The Morgan fingerprint density at radius 2 is 1.93 bits per heavy atom. The SMILES string of the molecule is COc1ccc(-n2cc(-c3ccc(Cl)cc3)nc2NC(=O)CN(C[C@H]2CCCO2)C(=O)c2ccco2)cc1OC. The molecule has 1 fully saturated rings. The number of carbonyl (C=O) groups excluding carboxylic acids is 2. The quantitative estimate of drug-likeness (QED) is 0.287. The van der Waals surface area contributed by atoms with Gasteiger partial charge in [0.05, 0.1) is 38.0 Å². The molecule has 1 N–H and O–H groups in total. The molecule has 0 radical (unpaired) electrons. The second-order valence-electron chi connectivity index (χ2n) is 9.21. The molecular formula is C29H29ClN4O6. The first-order valence-corrected chi connectivity index (χ1v) is 13.1. The molecule has 1 aliphatic rings. The number of benzene rings is 2. The Morgan fingerprint density at radius 3 is 2.60 bits per heavy atom. The average molecular weight is 565 g/mol. The lowest BCUT2D eigenvalue weighted by Crippen LogP contribution is -2.42. The van der Waals surface area contributed by atoms with Gasteiger partial charge in [0.25, 0.3) is 5.91 Å². The van der Waals surface area contributed by atoms with Gasteiger partial charge in [-0.25, -0.2) is 4.98 Å². The third-order valence-corrected chi connectivity index (χ3v) is 6.80. The van der Waals surface area contributed by atoms with Crippen LogP contribution in [0.1, 0.15) is 23.4 Å². The number of ether oxygens (including phenoxy) is 3. The molecule has 2 aromatic heterocycles. The van der Waals surface area contributed by atoms with Crippen molar-refractivity contribution in [2.45, 2.75) is 18.9 Å². The fourth-order valence-corrected chi connectivity index (χ4v) is 4.67. The van der Waals surface area contributed by atoms with Gasteiger partial charge in [-0.15, -0.1) is 0 Å². The van der Waals surface area contributed by atoms with E-state index in [0.29, 0.717) is 34.5 Å². The predicted octanol–water partition coefficient (Wildman–Crippen LogP) is 5.06. The zero-order valence-electron chi connectivity index (χ0n) is 22.1. The normalized spacial score (nSPS) is 14.6. The van der Waals surface area contributed by atoms with Gasteiger partial charge in [-0.1, -0.05) is 23.7 Å². The topological polar surface area (TPSA) is 108 Å². The van der Waals surface area contributed by atoms with Crippen molar-refractivity contribution >= 4 is 29.4 Å². The number of halogens is 1. The first-order valence-electron chi connectivity index (χ1n) is 12.8. The molecule has 0 bridgehead atoms. The molecule has 208 valence electrons. The van der Waals surface area contributed by atoms with Gasteiger partial charge in [0, 0.05) is 36.0 Å². The first-order chi connectivity index (χ1) is 19.4. The fraction of sp³-hybridized carbons (Fsp3) is 0.276. The molecule has 11 heteroatoms. The molecule has 0 spiro atoms. The van der Waals surface area contributed by atoms with Crippen molar-refractivity contribution in [3.8, 4) is 28.4 Å². The Kier molecular flexibility index (Phi) is 8.37. The van der Waals surface area contributed by atoms with Gasteiger partial charge in [-0.05, 0) is 49.2 Å². The summed E-state index contributed by atoms with van der Waals surface area (Å²) in [6.07, 6.45) is 4.82. The molecule has 1 aliphatic heterocycles. The number of nitrogens with one attached hydrogen (secondary N) is 1. The van der Waals surface area contributed by atoms with Crippen molar-refractivity contribution in [2.24, 2.45) is 0 Å². The molecule has 1 atom stereocenters. The van der Waals surface area contributed by atoms with E-state index in [-0.39, 0.29) is 36.8 Å². The van der Waals surface area contributed by atoms with Crippen LogP contribution in [0.5, 0.6) is 11.5 Å². The lowest BCUT2D eigenvalue weighted by atomic mass is 10.2. The number of aromatic nitrogens is 2. The molecule has 2 amide bonds. The van der Waals surface area contributed by atoms with Gasteiger partial charge >= 0.3 is 0 Å². The molecule has 10 nitrogen and oxygen atoms in total. The lowest BCUT2D eigenvalue weighted by Gasteiger charge is -2.24. The minimum absolute atomic E-state index is 0.142. The van der Waals surface area contributed by atoms with Crippen molar-refractivity contribution in [1.82, 2.24) is 14.5 Å². The highest BCUT2D eigenvalue weighted by Crippen LogP contribution is 2.32. The second kappa shape index (κ2) is 12.3. The number of amides is 2. The largest absolute Gasteiger partial charge is 0.493 e. The number of rotatable bonds is 10. The van der Waals surface area contributed by atoms with Crippen LogP contribution in [0.25, 0.3) is 16.9 Å². The van der Waals surface area contributed by atoms with Crippen LogP contribution in [0.4, 0.5) is 5.95 Å². The molecule has 4 aromatic rings. The second-order valence-corrected chi connectivity index (χ2v) is 9.65.